The van der Waals surface area contributed by atoms with Gasteiger partial charge in [0.25, 0.3) is 0 Å². The van der Waals surface area contributed by atoms with Crippen LogP contribution in [0, 0.1) is 10.7 Å². The van der Waals surface area contributed by atoms with E-state index in [0.717, 1.165) is 28.9 Å². The second-order valence-electron chi connectivity index (χ2n) is 6.07. The summed E-state index contributed by atoms with van der Waals surface area (Å²) in [6, 6.07) is 4.36. The van der Waals surface area contributed by atoms with Crippen LogP contribution in [-0.4, -0.2) is 33.6 Å². The minimum absolute atomic E-state index is 0.555. The molecule has 1 aliphatic heterocycles. The van der Waals surface area contributed by atoms with Gasteiger partial charge in [0.2, 0.25) is 0 Å². The van der Waals surface area contributed by atoms with Gasteiger partial charge in [-0.15, -0.1) is 0 Å². The number of halogens is 2. The van der Waals surface area contributed by atoms with Crippen molar-refractivity contribution in [2.24, 2.45) is 5.92 Å². The molecule has 1 saturated heterocycles. The highest BCUT2D eigenvalue weighted by Gasteiger charge is 2.25. The Balaban J connectivity index is 1.89. The Morgan fingerprint density at radius 2 is 2.05 bits per heavy atom. The van der Waals surface area contributed by atoms with Gasteiger partial charge in [-0.2, -0.15) is 0 Å². The third-order valence-corrected chi connectivity index (χ3v) is 5.35. The maximum Gasteiger partial charge on any atom is 0.178 e. The standard InChI is InChI=1S/C15H19Cl2N3S/c1-9(2)19-4-3-10(7-19)8-20-14-6-12(17)11(16)5-13(14)18-15(20)21/h5-6,9-10H,3-4,7-8H2,1-2H3,(H,18,21). The lowest BCUT2D eigenvalue weighted by atomic mass is 10.1. The van der Waals surface area contributed by atoms with Crippen LogP contribution < -0.4 is 0 Å². The lowest BCUT2D eigenvalue weighted by Gasteiger charge is -2.20. The predicted molar refractivity (Wildman–Crippen MR) is 92.0 cm³/mol. The number of fused-ring (bicyclic) bond motifs is 1. The van der Waals surface area contributed by atoms with E-state index < -0.39 is 0 Å². The zero-order valence-electron chi connectivity index (χ0n) is 12.2. The van der Waals surface area contributed by atoms with Crippen LogP contribution in [0.15, 0.2) is 12.1 Å². The fourth-order valence-electron chi connectivity index (χ4n) is 3.07. The first-order chi connectivity index (χ1) is 9.95. The van der Waals surface area contributed by atoms with E-state index in [1.165, 1.54) is 13.0 Å². The summed E-state index contributed by atoms with van der Waals surface area (Å²) >= 11 is 17.7. The van der Waals surface area contributed by atoms with Crippen molar-refractivity contribution in [3.63, 3.8) is 0 Å². The van der Waals surface area contributed by atoms with Crippen molar-refractivity contribution in [2.75, 3.05) is 13.1 Å². The maximum absolute atomic E-state index is 6.15. The normalized spacial score (nSPS) is 20.0. The van der Waals surface area contributed by atoms with Gasteiger partial charge >= 0.3 is 0 Å². The van der Waals surface area contributed by atoms with Gasteiger partial charge in [-0.1, -0.05) is 23.2 Å². The fraction of sp³-hybridized carbons (Fsp3) is 0.533. The summed E-state index contributed by atoms with van der Waals surface area (Å²) < 4.78 is 2.90. The molecule has 0 radical (unpaired) electrons. The molecule has 114 valence electrons. The number of H-pyrrole nitrogens is 1. The highest BCUT2D eigenvalue weighted by Crippen LogP contribution is 2.29. The maximum atomic E-state index is 6.15. The summed E-state index contributed by atoms with van der Waals surface area (Å²) in [4.78, 5) is 5.74. The monoisotopic (exact) mass is 343 g/mol. The van der Waals surface area contributed by atoms with E-state index in [0.29, 0.717) is 22.0 Å². The number of likely N-dealkylation sites (tertiary alicyclic amines) is 1. The van der Waals surface area contributed by atoms with Crippen molar-refractivity contribution in [3.05, 3.63) is 26.9 Å². The van der Waals surface area contributed by atoms with Crippen molar-refractivity contribution in [1.82, 2.24) is 14.5 Å². The predicted octanol–water partition coefficient (Wildman–Crippen LogP) is 4.74. The molecule has 3 nitrogen and oxygen atoms in total. The number of nitrogens with zero attached hydrogens (tertiary/aromatic N) is 2. The van der Waals surface area contributed by atoms with Crippen LogP contribution in [0.3, 0.4) is 0 Å². The van der Waals surface area contributed by atoms with Gasteiger partial charge in [0, 0.05) is 19.1 Å². The topological polar surface area (TPSA) is 24.0 Å². The third kappa shape index (κ3) is 3.00. The highest BCUT2D eigenvalue weighted by atomic mass is 35.5. The lowest BCUT2D eigenvalue weighted by Crippen LogP contribution is -2.28. The Kier molecular flexibility index (Phi) is 4.33. The van der Waals surface area contributed by atoms with Gasteiger partial charge in [-0.25, -0.2) is 0 Å². The molecule has 1 N–H and O–H groups in total. The molecule has 0 saturated carbocycles. The van der Waals surface area contributed by atoms with Crippen LogP contribution in [-0.2, 0) is 6.54 Å². The molecule has 0 spiro atoms. The molecule has 2 heterocycles. The second-order valence-corrected chi connectivity index (χ2v) is 7.27. The molecule has 3 rings (SSSR count). The quantitative estimate of drug-likeness (QED) is 0.814. The summed E-state index contributed by atoms with van der Waals surface area (Å²) in [6.45, 7) is 7.74. The van der Waals surface area contributed by atoms with E-state index >= 15 is 0 Å². The Morgan fingerprint density at radius 3 is 2.71 bits per heavy atom. The molecule has 1 unspecified atom stereocenters. The molecule has 1 aliphatic rings. The zero-order valence-corrected chi connectivity index (χ0v) is 14.5. The van der Waals surface area contributed by atoms with Crippen molar-refractivity contribution in [2.45, 2.75) is 32.9 Å². The average Bonchev–Trinajstić information content (AvgIpc) is 2.98. The smallest absolute Gasteiger partial charge is 0.178 e. The number of aromatic nitrogens is 2. The first kappa shape index (κ1) is 15.3. The summed E-state index contributed by atoms with van der Waals surface area (Å²) in [6.07, 6.45) is 1.22. The van der Waals surface area contributed by atoms with E-state index in [4.69, 9.17) is 35.4 Å². The summed E-state index contributed by atoms with van der Waals surface area (Å²) in [5, 5.41) is 1.13. The largest absolute Gasteiger partial charge is 0.331 e. The van der Waals surface area contributed by atoms with Crippen molar-refractivity contribution in [3.8, 4) is 0 Å². The van der Waals surface area contributed by atoms with Gasteiger partial charge in [-0.05, 0) is 57.1 Å². The first-order valence-electron chi connectivity index (χ1n) is 7.27. The second kappa shape index (κ2) is 5.92. The number of hydrogen-bond donors (Lipinski definition) is 1. The molecular formula is C15H19Cl2N3S. The van der Waals surface area contributed by atoms with Crippen molar-refractivity contribution < 1.29 is 0 Å². The summed E-state index contributed by atoms with van der Waals surface area (Å²) in [7, 11) is 0. The molecule has 2 aromatic rings. The SMILES string of the molecule is CC(C)N1CCC(Cn2c(=S)[nH]c3cc(Cl)c(Cl)cc32)C1. The molecular weight excluding hydrogens is 325 g/mol. The molecule has 1 aromatic heterocycles. The van der Waals surface area contributed by atoms with Crippen LogP contribution in [0.4, 0.5) is 0 Å². The van der Waals surface area contributed by atoms with Crippen LogP contribution in [0.5, 0.6) is 0 Å². The van der Waals surface area contributed by atoms with Crippen LogP contribution in [0.25, 0.3) is 11.0 Å². The Bertz CT molecular complexity index is 720. The molecule has 0 bridgehead atoms. The minimum Gasteiger partial charge on any atom is -0.331 e. The van der Waals surface area contributed by atoms with Crippen LogP contribution >= 0.6 is 35.4 Å². The van der Waals surface area contributed by atoms with E-state index in [1.54, 1.807) is 0 Å². The van der Waals surface area contributed by atoms with Gasteiger partial charge in [-0.3, -0.25) is 0 Å². The Morgan fingerprint density at radius 1 is 1.33 bits per heavy atom. The zero-order chi connectivity index (χ0) is 15.1. The number of nitrogens with one attached hydrogen (secondary N) is 1. The molecule has 6 heteroatoms. The van der Waals surface area contributed by atoms with Crippen LogP contribution in [0.2, 0.25) is 10.0 Å². The van der Waals surface area contributed by atoms with E-state index in [9.17, 15) is 0 Å². The van der Waals surface area contributed by atoms with Crippen molar-refractivity contribution >= 4 is 46.5 Å². The van der Waals surface area contributed by atoms with Crippen molar-refractivity contribution in [1.29, 1.82) is 0 Å². The minimum atomic E-state index is 0.555. The summed E-state index contributed by atoms with van der Waals surface area (Å²) in [5.41, 5.74) is 1.99. The van der Waals surface area contributed by atoms with Gasteiger partial charge < -0.3 is 14.5 Å². The van der Waals surface area contributed by atoms with Gasteiger partial charge in [0.1, 0.15) is 0 Å². The first-order valence-corrected chi connectivity index (χ1v) is 8.43. The fourth-order valence-corrected chi connectivity index (χ4v) is 3.68. The van der Waals surface area contributed by atoms with Crippen LogP contribution in [0.1, 0.15) is 20.3 Å². The molecule has 1 aromatic carbocycles. The van der Waals surface area contributed by atoms with E-state index in [1.807, 2.05) is 12.1 Å². The highest BCUT2D eigenvalue weighted by molar-refractivity contribution is 7.71. The molecule has 0 amide bonds. The lowest BCUT2D eigenvalue weighted by molar-refractivity contribution is 0.261. The Hall–Kier alpha value is -0.550. The van der Waals surface area contributed by atoms with Gasteiger partial charge in [0.15, 0.2) is 4.77 Å². The number of hydrogen-bond acceptors (Lipinski definition) is 2. The molecule has 0 aliphatic carbocycles. The molecule has 21 heavy (non-hydrogen) atoms. The summed E-state index contributed by atoms with van der Waals surface area (Å²) in [5.74, 6) is 0.632. The average molecular weight is 344 g/mol. The molecule has 1 atom stereocenters. The molecule has 1 fully saturated rings. The van der Waals surface area contributed by atoms with E-state index in [2.05, 4.69) is 28.3 Å². The number of benzene rings is 1. The van der Waals surface area contributed by atoms with Gasteiger partial charge in [0.05, 0.1) is 21.1 Å². The number of imidazole rings is 1. The Labute approximate surface area is 139 Å². The number of aromatic amines is 1. The third-order valence-electron chi connectivity index (χ3n) is 4.30. The number of rotatable bonds is 3. The van der Waals surface area contributed by atoms with E-state index in [-0.39, 0.29) is 0 Å².